The number of hydrogen-bond acceptors (Lipinski definition) is 5. The van der Waals surface area contributed by atoms with E-state index in [0.717, 1.165) is 37.9 Å². The van der Waals surface area contributed by atoms with Gasteiger partial charge in [-0.15, -0.1) is 0 Å². The van der Waals surface area contributed by atoms with Gasteiger partial charge in [0, 0.05) is 18.3 Å². The van der Waals surface area contributed by atoms with Crippen LogP contribution in [0.3, 0.4) is 0 Å². The summed E-state index contributed by atoms with van der Waals surface area (Å²) in [5, 5.41) is 0. The first-order valence-electron chi connectivity index (χ1n) is 10.8. The Balaban J connectivity index is 1.64. The topological polar surface area (TPSA) is 61.8 Å². The van der Waals surface area contributed by atoms with Crippen molar-refractivity contribution in [2.75, 3.05) is 14.2 Å². The Morgan fingerprint density at radius 1 is 1.21 bits per heavy atom. The van der Waals surface area contributed by atoms with E-state index in [0.29, 0.717) is 24.2 Å². The van der Waals surface area contributed by atoms with E-state index in [1.54, 1.807) is 7.11 Å². The van der Waals surface area contributed by atoms with Crippen molar-refractivity contribution in [2.24, 2.45) is 23.2 Å². The number of ether oxygens (including phenoxy) is 3. The summed E-state index contributed by atoms with van der Waals surface area (Å²) < 4.78 is 16.2. The lowest BCUT2D eigenvalue weighted by Crippen LogP contribution is -2.46. The molecule has 0 amide bonds. The monoisotopic (exact) mass is 400 g/mol. The van der Waals surface area contributed by atoms with Gasteiger partial charge in [0.05, 0.1) is 20.6 Å². The van der Waals surface area contributed by atoms with E-state index >= 15 is 0 Å². The molecule has 0 aromatic heterocycles. The number of carbonyl (C=O) groups is 2. The molecule has 0 saturated heterocycles. The molecule has 2 fully saturated rings. The van der Waals surface area contributed by atoms with Crippen molar-refractivity contribution in [1.29, 1.82) is 0 Å². The van der Waals surface area contributed by atoms with Gasteiger partial charge >= 0.3 is 11.9 Å². The highest BCUT2D eigenvalue weighted by Gasteiger charge is 2.60. The fourth-order valence-electron chi connectivity index (χ4n) is 6.72. The van der Waals surface area contributed by atoms with Crippen LogP contribution in [0.15, 0.2) is 18.2 Å². The normalized spacial score (nSPS) is 35.1. The van der Waals surface area contributed by atoms with Crippen molar-refractivity contribution in [3.63, 3.8) is 0 Å². The molecule has 0 radical (unpaired) electrons. The minimum Gasteiger partial charge on any atom is -0.497 e. The predicted octanol–water partition coefficient (Wildman–Crippen LogP) is 4.27. The molecule has 5 heteroatoms. The summed E-state index contributed by atoms with van der Waals surface area (Å²) in [6.07, 6.45) is 5.35. The Kier molecular flexibility index (Phi) is 5.34. The van der Waals surface area contributed by atoms with Gasteiger partial charge in [-0.3, -0.25) is 9.59 Å². The Hall–Kier alpha value is -2.04. The van der Waals surface area contributed by atoms with Gasteiger partial charge in [-0.2, -0.15) is 0 Å². The molecule has 5 nitrogen and oxygen atoms in total. The summed E-state index contributed by atoms with van der Waals surface area (Å²) in [7, 11) is 3.14. The third-order valence-electron chi connectivity index (χ3n) is 7.96. The molecule has 6 atom stereocenters. The van der Waals surface area contributed by atoms with Crippen LogP contribution >= 0.6 is 0 Å². The van der Waals surface area contributed by atoms with Crippen molar-refractivity contribution in [3.05, 3.63) is 29.3 Å². The van der Waals surface area contributed by atoms with E-state index in [-0.39, 0.29) is 29.4 Å². The van der Waals surface area contributed by atoms with E-state index in [2.05, 4.69) is 25.1 Å². The molecule has 3 aliphatic rings. The summed E-state index contributed by atoms with van der Waals surface area (Å²) in [6, 6.07) is 6.51. The van der Waals surface area contributed by atoms with Crippen LogP contribution in [-0.4, -0.2) is 32.3 Å². The van der Waals surface area contributed by atoms with Gasteiger partial charge in [-0.25, -0.2) is 0 Å². The molecule has 1 aromatic rings. The average molecular weight is 401 g/mol. The second-order valence-electron chi connectivity index (χ2n) is 9.33. The maximum absolute atomic E-state index is 12.0. The number of hydrogen-bond donors (Lipinski definition) is 0. The van der Waals surface area contributed by atoms with Crippen LogP contribution in [0.1, 0.15) is 63.0 Å². The number of aryl methyl sites for hydroxylation is 1. The third kappa shape index (κ3) is 3.43. The van der Waals surface area contributed by atoms with Crippen molar-refractivity contribution in [2.45, 2.75) is 64.4 Å². The molecule has 0 bridgehead atoms. The van der Waals surface area contributed by atoms with Gasteiger partial charge in [0.25, 0.3) is 0 Å². The molecule has 6 unspecified atom stereocenters. The zero-order valence-corrected chi connectivity index (χ0v) is 17.9. The summed E-state index contributed by atoms with van der Waals surface area (Å²) in [5.74, 6) is 2.06. The lowest BCUT2D eigenvalue weighted by Gasteiger charge is -2.50. The molecule has 29 heavy (non-hydrogen) atoms. The van der Waals surface area contributed by atoms with E-state index in [1.807, 2.05) is 0 Å². The molecule has 0 heterocycles. The SMILES string of the molecule is COC(=O)CC1CC2C3CCc4cc(OC)ccc4C3CCC2(C)C1OC(C)=O. The molecule has 0 N–H and O–H groups in total. The highest BCUT2D eigenvalue weighted by molar-refractivity contribution is 5.70. The van der Waals surface area contributed by atoms with Crippen LogP contribution in [0.5, 0.6) is 5.75 Å². The zero-order valence-electron chi connectivity index (χ0n) is 17.9. The Bertz CT molecular complexity index is 802. The van der Waals surface area contributed by atoms with Crippen LogP contribution in [0.2, 0.25) is 0 Å². The number of methoxy groups -OCH3 is 2. The van der Waals surface area contributed by atoms with Gasteiger partial charge in [-0.05, 0) is 73.1 Å². The van der Waals surface area contributed by atoms with Crippen molar-refractivity contribution < 1.29 is 23.8 Å². The maximum atomic E-state index is 12.0. The van der Waals surface area contributed by atoms with Crippen LogP contribution in [0, 0.1) is 23.2 Å². The first-order valence-corrected chi connectivity index (χ1v) is 10.8. The second-order valence-corrected chi connectivity index (χ2v) is 9.33. The molecule has 1 aromatic carbocycles. The molecular weight excluding hydrogens is 368 g/mol. The highest BCUT2D eigenvalue weighted by Crippen LogP contribution is 2.63. The lowest BCUT2D eigenvalue weighted by atomic mass is 9.55. The second kappa shape index (κ2) is 7.66. The zero-order chi connectivity index (χ0) is 20.8. The van der Waals surface area contributed by atoms with E-state index in [1.165, 1.54) is 25.2 Å². The van der Waals surface area contributed by atoms with Crippen molar-refractivity contribution in [1.82, 2.24) is 0 Å². The summed E-state index contributed by atoms with van der Waals surface area (Å²) >= 11 is 0. The van der Waals surface area contributed by atoms with Gasteiger partial charge in [0.2, 0.25) is 0 Å². The quantitative estimate of drug-likeness (QED) is 0.706. The number of carbonyl (C=O) groups excluding carboxylic acids is 2. The minimum absolute atomic E-state index is 0.0392. The minimum atomic E-state index is -0.255. The van der Waals surface area contributed by atoms with Gasteiger partial charge in [-0.1, -0.05) is 13.0 Å². The fourth-order valence-corrected chi connectivity index (χ4v) is 6.72. The van der Waals surface area contributed by atoms with Crippen molar-refractivity contribution >= 4 is 11.9 Å². The molecule has 4 rings (SSSR count). The van der Waals surface area contributed by atoms with Crippen molar-refractivity contribution in [3.8, 4) is 5.75 Å². The number of rotatable bonds is 4. The average Bonchev–Trinajstić information content (AvgIpc) is 2.98. The van der Waals surface area contributed by atoms with Gasteiger partial charge in [0.15, 0.2) is 0 Å². The van der Waals surface area contributed by atoms with E-state index in [9.17, 15) is 9.59 Å². The number of benzene rings is 1. The van der Waals surface area contributed by atoms with E-state index < -0.39 is 0 Å². The van der Waals surface area contributed by atoms with Crippen LogP contribution in [0.4, 0.5) is 0 Å². The maximum Gasteiger partial charge on any atom is 0.305 e. The Morgan fingerprint density at radius 2 is 2.00 bits per heavy atom. The van der Waals surface area contributed by atoms with Gasteiger partial charge in [0.1, 0.15) is 11.9 Å². The van der Waals surface area contributed by atoms with Crippen LogP contribution < -0.4 is 4.74 Å². The lowest BCUT2D eigenvalue weighted by molar-refractivity contribution is -0.160. The standard InChI is InChI=1S/C24H32O5/c1-14(25)29-23-16(13-22(26)28-4)12-21-20-7-5-15-11-17(27-3)6-8-18(15)19(20)9-10-24(21,23)2/h6,8,11,16,19-21,23H,5,7,9-10,12-13H2,1-4H3. The van der Waals surface area contributed by atoms with Crippen LogP contribution in [0.25, 0.3) is 0 Å². The summed E-state index contributed by atoms with van der Waals surface area (Å²) in [4.78, 5) is 23.9. The number of fused-ring (bicyclic) bond motifs is 5. The molecule has 0 aliphatic heterocycles. The van der Waals surface area contributed by atoms with E-state index in [4.69, 9.17) is 14.2 Å². The summed E-state index contributed by atoms with van der Waals surface area (Å²) in [5.41, 5.74) is 2.80. The highest BCUT2D eigenvalue weighted by atomic mass is 16.5. The largest absolute Gasteiger partial charge is 0.497 e. The van der Waals surface area contributed by atoms with Crippen LogP contribution in [-0.2, 0) is 25.5 Å². The molecule has 0 spiro atoms. The first-order chi connectivity index (χ1) is 13.9. The molecule has 3 aliphatic carbocycles. The number of esters is 2. The third-order valence-corrected chi connectivity index (χ3v) is 7.96. The summed E-state index contributed by atoms with van der Waals surface area (Å²) in [6.45, 7) is 3.75. The van der Waals surface area contributed by atoms with Gasteiger partial charge < -0.3 is 14.2 Å². The predicted molar refractivity (Wildman–Crippen MR) is 109 cm³/mol. The molecule has 2 saturated carbocycles. The first kappa shape index (κ1) is 20.2. The molecule has 158 valence electrons. The smallest absolute Gasteiger partial charge is 0.305 e. The fraction of sp³-hybridized carbons (Fsp3) is 0.667. The Morgan fingerprint density at radius 3 is 2.69 bits per heavy atom. The molecular formula is C24H32O5. The Labute approximate surface area is 173 Å².